The summed E-state index contributed by atoms with van der Waals surface area (Å²) in [5, 5.41) is 6.65. The van der Waals surface area contributed by atoms with E-state index in [2.05, 4.69) is 35.5 Å². The van der Waals surface area contributed by atoms with Gasteiger partial charge >= 0.3 is 0 Å². The number of benzene rings is 1. The van der Waals surface area contributed by atoms with Crippen LogP contribution in [0.2, 0.25) is 0 Å². The van der Waals surface area contributed by atoms with E-state index in [4.69, 9.17) is 4.74 Å². The highest BCUT2D eigenvalue weighted by molar-refractivity contribution is 5.79. The number of rotatable bonds is 8. The third-order valence-electron chi connectivity index (χ3n) is 3.51. The quantitative estimate of drug-likeness (QED) is 0.439. The largest absolute Gasteiger partial charge is 0.493 e. The maximum Gasteiger partial charge on any atom is 0.191 e. The van der Waals surface area contributed by atoms with Crippen LogP contribution in [0, 0.1) is 12.8 Å². The zero-order valence-electron chi connectivity index (χ0n) is 13.2. The highest BCUT2D eigenvalue weighted by Crippen LogP contribution is 2.28. The molecule has 0 radical (unpaired) electrons. The molecule has 0 aliphatic heterocycles. The van der Waals surface area contributed by atoms with Crippen LogP contribution in [0.25, 0.3) is 0 Å². The lowest BCUT2D eigenvalue weighted by atomic mass is 10.2. The molecule has 1 saturated carbocycles. The second kappa shape index (κ2) is 8.55. The minimum Gasteiger partial charge on any atom is -0.493 e. The van der Waals surface area contributed by atoms with Crippen LogP contribution in [0.15, 0.2) is 29.3 Å². The maximum atomic E-state index is 5.79. The Balaban J connectivity index is 1.63. The van der Waals surface area contributed by atoms with E-state index in [0.29, 0.717) is 0 Å². The average molecular weight is 289 g/mol. The number of nitrogens with zero attached hydrogens (tertiary/aromatic N) is 1. The van der Waals surface area contributed by atoms with Crippen molar-refractivity contribution in [1.82, 2.24) is 10.6 Å². The summed E-state index contributed by atoms with van der Waals surface area (Å²) in [4.78, 5) is 4.60. The van der Waals surface area contributed by atoms with E-state index in [-0.39, 0.29) is 0 Å². The Morgan fingerprint density at radius 3 is 2.81 bits per heavy atom. The highest BCUT2D eigenvalue weighted by Gasteiger charge is 2.20. The molecule has 0 saturated heterocycles. The van der Waals surface area contributed by atoms with Crippen molar-refractivity contribution in [3.8, 4) is 5.75 Å². The van der Waals surface area contributed by atoms with Crippen LogP contribution in [0.4, 0.5) is 0 Å². The molecule has 2 N–H and O–H groups in total. The smallest absolute Gasteiger partial charge is 0.191 e. The van der Waals surface area contributed by atoms with Gasteiger partial charge in [0.15, 0.2) is 5.96 Å². The van der Waals surface area contributed by atoms with Gasteiger partial charge in [0.25, 0.3) is 0 Å². The molecular weight excluding hydrogens is 262 g/mol. The summed E-state index contributed by atoms with van der Waals surface area (Å²) in [6, 6.07) is 8.13. The predicted molar refractivity (Wildman–Crippen MR) is 88.0 cm³/mol. The molecule has 1 fully saturated rings. The summed E-state index contributed by atoms with van der Waals surface area (Å²) in [5.74, 6) is 2.73. The van der Waals surface area contributed by atoms with Crippen LogP contribution in [0.3, 0.4) is 0 Å². The minimum atomic E-state index is 0.722. The Bertz CT molecular complexity index is 455. The number of para-hydroxylation sites is 1. The number of aliphatic imine (C=N–C) groups is 1. The topological polar surface area (TPSA) is 45.7 Å². The van der Waals surface area contributed by atoms with E-state index < -0.39 is 0 Å². The molecule has 0 spiro atoms. The molecule has 0 atom stereocenters. The molecule has 1 aliphatic carbocycles. The summed E-state index contributed by atoms with van der Waals surface area (Å²) >= 11 is 0. The van der Waals surface area contributed by atoms with Gasteiger partial charge in [-0.2, -0.15) is 0 Å². The van der Waals surface area contributed by atoms with Gasteiger partial charge in [-0.05, 0) is 50.7 Å². The molecule has 4 nitrogen and oxygen atoms in total. The first kappa shape index (κ1) is 15.7. The first-order valence-corrected chi connectivity index (χ1v) is 8.00. The van der Waals surface area contributed by atoms with Gasteiger partial charge in [-0.25, -0.2) is 0 Å². The lowest BCUT2D eigenvalue weighted by Gasteiger charge is -2.12. The van der Waals surface area contributed by atoms with Gasteiger partial charge < -0.3 is 15.4 Å². The third-order valence-corrected chi connectivity index (χ3v) is 3.51. The van der Waals surface area contributed by atoms with Crippen LogP contribution in [-0.4, -0.2) is 32.2 Å². The summed E-state index contributed by atoms with van der Waals surface area (Å²) in [7, 11) is 0. The van der Waals surface area contributed by atoms with Gasteiger partial charge in [-0.1, -0.05) is 18.2 Å². The molecule has 2 rings (SSSR count). The van der Waals surface area contributed by atoms with E-state index in [9.17, 15) is 0 Å². The molecule has 0 amide bonds. The molecule has 0 unspecified atom stereocenters. The van der Waals surface area contributed by atoms with E-state index in [1.807, 2.05) is 18.2 Å². The Morgan fingerprint density at radius 2 is 2.10 bits per heavy atom. The van der Waals surface area contributed by atoms with E-state index in [1.165, 1.54) is 18.4 Å². The summed E-state index contributed by atoms with van der Waals surface area (Å²) in [6.07, 6.45) is 3.64. The number of ether oxygens (including phenoxy) is 1. The van der Waals surface area contributed by atoms with Gasteiger partial charge in [0.1, 0.15) is 5.75 Å². The van der Waals surface area contributed by atoms with Crippen LogP contribution in [0.5, 0.6) is 5.75 Å². The van der Waals surface area contributed by atoms with Gasteiger partial charge in [0.05, 0.1) is 6.61 Å². The van der Waals surface area contributed by atoms with Crippen molar-refractivity contribution in [2.24, 2.45) is 10.9 Å². The van der Waals surface area contributed by atoms with Crippen LogP contribution < -0.4 is 15.4 Å². The molecule has 1 aliphatic rings. The van der Waals surface area contributed by atoms with Gasteiger partial charge in [0.2, 0.25) is 0 Å². The Morgan fingerprint density at radius 1 is 1.29 bits per heavy atom. The molecule has 0 heterocycles. The van der Waals surface area contributed by atoms with Gasteiger partial charge in [-0.3, -0.25) is 4.99 Å². The van der Waals surface area contributed by atoms with E-state index in [0.717, 1.165) is 50.3 Å². The average Bonchev–Trinajstić information content (AvgIpc) is 3.30. The summed E-state index contributed by atoms with van der Waals surface area (Å²) in [5.41, 5.74) is 1.18. The molecule has 116 valence electrons. The number of nitrogens with one attached hydrogen (secondary N) is 2. The monoisotopic (exact) mass is 289 g/mol. The summed E-state index contributed by atoms with van der Waals surface area (Å²) < 4.78 is 5.79. The van der Waals surface area contributed by atoms with E-state index >= 15 is 0 Å². The van der Waals surface area contributed by atoms with Crippen molar-refractivity contribution in [3.05, 3.63) is 29.8 Å². The molecule has 0 aromatic heterocycles. The van der Waals surface area contributed by atoms with Crippen molar-refractivity contribution in [2.75, 3.05) is 26.2 Å². The molecule has 1 aromatic rings. The molecule has 0 bridgehead atoms. The fourth-order valence-electron chi connectivity index (χ4n) is 2.04. The molecule has 4 heteroatoms. The third kappa shape index (κ3) is 6.06. The normalized spacial score (nSPS) is 14.9. The maximum absolute atomic E-state index is 5.79. The van der Waals surface area contributed by atoms with Crippen molar-refractivity contribution < 1.29 is 4.74 Å². The van der Waals surface area contributed by atoms with Gasteiger partial charge in [0, 0.05) is 19.6 Å². The Kier molecular flexibility index (Phi) is 6.38. The number of hydrogen-bond donors (Lipinski definition) is 2. The molecule has 1 aromatic carbocycles. The second-order valence-electron chi connectivity index (χ2n) is 5.56. The fourth-order valence-corrected chi connectivity index (χ4v) is 2.04. The Labute approximate surface area is 128 Å². The van der Waals surface area contributed by atoms with Crippen molar-refractivity contribution >= 4 is 5.96 Å². The van der Waals surface area contributed by atoms with Crippen molar-refractivity contribution in [2.45, 2.75) is 33.1 Å². The number of guanidine groups is 1. The second-order valence-corrected chi connectivity index (χ2v) is 5.56. The van der Waals surface area contributed by atoms with Crippen LogP contribution >= 0.6 is 0 Å². The van der Waals surface area contributed by atoms with E-state index in [1.54, 1.807) is 0 Å². The SMILES string of the molecule is CCNC(=NCC1CC1)NCCCOc1ccccc1C. The predicted octanol–water partition coefficient (Wildman–Crippen LogP) is 2.73. The lowest BCUT2D eigenvalue weighted by Crippen LogP contribution is -2.38. The standard InChI is InChI=1S/C17H27N3O/c1-3-18-17(20-13-15-9-10-15)19-11-6-12-21-16-8-5-4-7-14(16)2/h4-5,7-8,15H,3,6,9-13H2,1-2H3,(H2,18,19,20). The fraction of sp³-hybridized carbons (Fsp3) is 0.588. The molecular formula is C17H27N3O. The van der Waals surface area contributed by atoms with Gasteiger partial charge in [-0.15, -0.1) is 0 Å². The van der Waals surface area contributed by atoms with Crippen molar-refractivity contribution in [1.29, 1.82) is 0 Å². The van der Waals surface area contributed by atoms with Crippen LogP contribution in [0.1, 0.15) is 31.7 Å². The minimum absolute atomic E-state index is 0.722. The zero-order valence-corrected chi connectivity index (χ0v) is 13.2. The Hall–Kier alpha value is -1.71. The molecule has 21 heavy (non-hydrogen) atoms. The zero-order chi connectivity index (χ0) is 14.9. The number of hydrogen-bond acceptors (Lipinski definition) is 2. The van der Waals surface area contributed by atoms with Crippen LogP contribution in [-0.2, 0) is 0 Å². The van der Waals surface area contributed by atoms with Crippen molar-refractivity contribution in [3.63, 3.8) is 0 Å². The first-order valence-electron chi connectivity index (χ1n) is 8.00. The summed E-state index contributed by atoms with van der Waals surface area (Å²) in [6.45, 7) is 7.62. The first-order chi connectivity index (χ1) is 10.3. The lowest BCUT2D eigenvalue weighted by molar-refractivity contribution is 0.309. The highest BCUT2D eigenvalue weighted by atomic mass is 16.5. The number of aryl methyl sites for hydroxylation is 1.